The molecule has 1 saturated carbocycles. The molecular weight excluding hydrogens is 363 g/mol. The van der Waals surface area contributed by atoms with Crippen molar-refractivity contribution in [2.75, 3.05) is 19.6 Å². The number of hydrogen-bond acceptors (Lipinski definition) is 2. The summed E-state index contributed by atoms with van der Waals surface area (Å²) in [5.41, 5.74) is 1.45. The van der Waals surface area contributed by atoms with Gasteiger partial charge in [0.05, 0.1) is 0 Å². The standard InChI is InChI=1S/C19H29ClN2.2ClH/c20-17-9-5-8-16(12-17)19(13-18-14-21-10-11-22-18)15-6-3-1-2-4-7-15;;/h5,8-9,12,15,18-19,21-22H,1-4,6-7,10-11,13-14H2;2*1H. The normalized spacial score (nSPS) is 23.5. The fourth-order valence-electron chi connectivity index (χ4n) is 4.24. The van der Waals surface area contributed by atoms with E-state index < -0.39 is 0 Å². The summed E-state index contributed by atoms with van der Waals surface area (Å²) in [4.78, 5) is 0. The van der Waals surface area contributed by atoms with Crippen LogP contribution in [0.2, 0.25) is 5.02 Å². The Bertz CT molecular complexity index is 456. The van der Waals surface area contributed by atoms with Crippen LogP contribution in [0.5, 0.6) is 0 Å². The minimum Gasteiger partial charge on any atom is -0.314 e. The molecule has 0 spiro atoms. The average molecular weight is 394 g/mol. The van der Waals surface area contributed by atoms with Gasteiger partial charge in [-0.3, -0.25) is 0 Å². The summed E-state index contributed by atoms with van der Waals surface area (Å²) in [5.74, 6) is 1.47. The second-order valence-corrected chi connectivity index (χ2v) is 7.44. The minimum absolute atomic E-state index is 0. The van der Waals surface area contributed by atoms with Gasteiger partial charge < -0.3 is 10.6 Å². The van der Waals surface area contributed by atoms with Crippen LogP contribution in [0.3, 0.4) is 0 Å². The van der Waals surface area contributed by atoms with Gasteiger partial charge in [0.15, 0.2) is 0 Å². The highest BCUT2D eigenvalue weighted by Gasteiger charge is 2.27. The molecular formula is C19H31Cl3N2. The smallest absolute Gasteiger partial charge is 0.0408 e. The Morgan fingerprint density at radius 1 is 1.04 bits per heavy atom. The van der Waals surface area contributed by atoms with Crippen molar-refractivity contribution < 1.29 is 0 Å². The molecule has 2 unspecified atom stereocenters. The largest absolute Gasteiger partial charge is 0.314 e. The highest BCUT2D eigenvalue weighted by molar-refractivity contribution is 6.30. The van der Waals surface area contributed by atoms with Crippen molar-refractivity contribution in [3.8, 4) is 0 Å². The second-order valence-electron chi connectivity index (χ2n) is 7.00. The predicted molar refractivity (Wildman–Crippen MR) is 109 cm³/mol. The summed E-state index contributed by atoms with van der Waals surface area (Å²) in [5, 5.41) is 8.10. The van der Waals surface area contributed by atoms with Gasteiger partial charge >= 0.3 is 0 Å². The minimum atomic E-state index is 0. The number of halogens is 3. The van der Waals surface area contributed by atoms with Crippen molar-refractivity contribution in [2.24, 2.45) is 5.92 Å². The van der Waals surface area contributed by atoms with E-state index in [1.54, 1.807) is 0 Å². The fourth-order valence-corrected chi connectivity index (χ4v) is 4.44. The van der Waals surface area contributed by atoms with Crippen molar-refractivity contribution in [3.63, 3.8) is 0 Å². The van der Waals surface area contributed by atoms with E-state index in [2.05, 4.69) is 28.8 Å². The van der Waals surface area contributed by atoms with Gasteiger partial charge in [0.1, 0.15) is 0 Å². The molecule has 2 nitrogen and oxygen atoms in total. The van der Waals surface area contributed by atoms with E-state index in [1.165, 1.54) is 50.5 Å². The Morgan fingerprint density at radius 3 is 2.42 bits per heavy atom. The van der Waals surface area contributed by atoms with Gasteiger partial charge in [-0.25, -0.2) is 0 Å². The molecule has 3 rings (SSSR count). The quantitative estimate of drug-likeness (QED) is 0.688. The molecule has 1 saturated heterocycles. The third kappa shape index (κ3) is 6.38. The number of piperazine rings is 1. The van der Waals surface area contributed by atoms with Crippen LogP contribution in [0.15, 0.2) is 24.3 Å². The van der Waals surface area contributed by atoms with Crippen LogP contribution in [0.1, 0.15) is 56.4 Å². The van der Waals surface area contributed by atoms with E-state index in [1.807, 2.05) is 6.07 Å². The van der Waals surface area contributed by atoms with Gasteiger partial charge in [-0.1, -0.05) is 49.4 Å². The van der Waals surface area contributed by atoms with Gasteiger partial charge in [-0.2, -0.15) is 0 Å². The van der Waals surface area contributed by atoms with Crippen LogP contribution in [-0.2, 0) is 0 Å². The van der Waals surface area contributed by atoms with Gasteiger partial charge in [-0.05, 0) is 48.8 Å². The van der Waals surface area contributed by atoms with Crippen LogP contribution < -0.4 is 10.6 Å². The Balaban J connectivity index is 0.00000144. The van der Waals surface area contributed by atoms with Gasteiger partial charge in [0, 0.05) is 30.7 Å². The van der Waals surface area contributed by atoms with Crippen molar-refractivity contribution in [1.29, 1.82) is 0 Å². The van der Waals surface area contributed by atoms with E-state index in [-0.39, 0.29) is 24.8 Å². The maximum Gasteiger partial charge on any atom is 0.0408 e. The zero-order valence-electron chi connectivity index (χ0n) is 14.3. The molecule has 1 aliphatic carbocycles. The molecule has 1 heterocycles. The first-order valence-corrected chi connectivity index (χ1v) is 9.40. The Morgan fingerprint density at radius 2 is 1.79 bits per heavy atom. The summed E-state index contributed by atoms with van der Waals surface area (Å²) in [7, 11) is 0. The van der Waals surface area contributed by atoms with Crippen molar-refractivity contribution in [3.05, 3.63) is 34.9 Å². The first-order chi connectivity index (χ1) is 10.8. The van der Waals surface area contributed by atoms with Crippen molar-refractivity contribution >= 4 is 36.4 Å². The molecule has 1 aromatic rings. The van der Waals surface area contributed by atoms with Gasteiger partial charge in [0.2, 0.25) is 0 Å². The zero-order chi connectivity index (χ0) is 15.2. The molecule has 0 aromatic heterocycles. The van der Waals surface area contributed by atoms with Crippen LogP contribution in [0.25, 0.3) is 0 Å². The maximum atomic E-state index is 6.27. The topological polar surface area (TPSA) is 24.1 Å². The lowest BCUT2D eigenvalue weighted by Gasteiger charge is -2.33. The van der Waals surface area contributed by atoms with Crippen molar-refractivity contribution in [2.45, 2.75) is 56.9 Å². The molecule has 2 atom stereocenters. The molecule has 0 radical (unpaired) electrons. The molecule has 138 valence electrons. The molecule has 2 fully saturated rings. The lowest BCUT2D eigenvalue weighted by Crippen LogP contribution is -2.49. The van der Waals surface area contributed by atoms with Gasteiger partial charge in [-0.15, -0.1) is 24.8 Å². The molecule has 24 heavy (non-hydrogen) atoms. The molecule has 0 bridgehead atoms. The highest BCUT2D eigenvalue weighted by atomic mass is 35.5. The van der Waals surface area contributed by atoms with Crippen LogP contribution in [-0.4, -0.2) is 25.7 Å². The third-order valence-electron chi connectivity index (χ3n) is 5.41. The van der Waals surface area contributed by atoms with E-state index >= 15 is 0 Å². The van der Waals surface area contributed by atoms with E-state index in [9.17, 15) is 0 Å². The van der Waals surface area contributed by atoms with Crippen LogP contribution in [0.4, 0.5) is 0 Å². The molecule has 5 heteroatoms. The average Bonchev–Trinajstić information content (AvgIpc) is 2.83. The lowest BCUT2D eigenvalue weighted by atomic mass is 9.77. The van der Waals surface area contributed by atoms with E-state index in [4.69, 9.17) is 11.6 Å². The van der Waals surface area contributed by atoms with E-state index in [0.717, 1.165) is 30.6 Å². The maximum absolute atomic E-state index is 6.27. The third-order valence-corrected chi connectivity index (χ3v) is 5.64. The van der Waals surface area contributed by atoms with E-state index in [0.29, 0.717) is 12.0 Å². The monoisotopic (exact) mass is 392 g/mol. The van der Waals surface area contributed by atoms with Crippen LogP contribution >= 0.6 is 36.4 Å². The molecule has 1 aromatic carbocycles. The number of benzene rings is 1. The molecule has 2 N–H and O–H groups in total. The number of rotatable bonds is 4. The SMILES string of the molecule is Cl.Cl.Clc1cccc(C(CC2CNCCN2)C2CCCCCC2)c1. The molecule has 1 aliphatic heterocycles. The summed E-state index contributed by atoms with van der Waals surface area (Å²) in [6.07, 6.45) is 9.65. The molecule has 0 amide bonds. The summed E-state index contributed by atoms with van der Waals surface area (Å²) in [6, 6.07) is 9.20. The summed E-state index contributed by atoms with van der Waals surface area (Å²) >= 11 is 6.27. The summed E-state index contributed by atoms with van der Waals surface area (Å²) < 4.78 is 0. The lowest BCUT2D eigenvalue weighted by molar-refractivity contribution is 0.302. The van der Waals surface area contributed by atoms with Crippen molar-refractivity contribution in [1.82, 2.24) is 10.6 Å². The first kappa shape index (κ1) is 22.1. The fraction of sp³-hybridized carbons (Fsp3) is 0.684. The number of nitrogens with one attached hydrogen (secondary N) is 2. The van der Waals surface area contributed by atoms with Gasteiger partial charge in [0.25, 0.3) is 0 Å². The summed E-state index contributed by atoms with van der Waals surface area (Å²) in [6.45, 7) is 3.29. The first-order valence-electron chi connectivity index (χ1n) is 9.02. The predicted octanol–water partition coefficient (Wildman–Crippen LogP) is 5.19. The van der Waals surface area contributed by atoms with Crippen LogP contribution in [0, 0.1) is 5.92 Å². The zero-order valence-corrected chi connectivity index (χ0v) is 16.7. The number of hydrogen-bond donors (Lipinski definition) is 2. The Hall–Kier alpha value is 0.01000. The molecule has 2 aliphatic rings. The Labute approximate surface area is 164 Å². The highest BCUT2D eigenvalue weighted by Crippen LogP contribution is 2.38. The second kappa shape index (κ2) is 11.6. The Kier molecular flexibility index (Phi) is 10.7.